The molecule has 0 bridgehead atoms. The van der Waals surface area contributed by atoms with Gasteiger partial charge in [-0.2, -0.15) is 0 Å². The van der Waals surface area contributed by atoms with Gasteiger partial charge in [-0.1, -0.05) is 6.07 Å². The molecule has 0 aromatic carbocycles. The molecule has 0 atom stereocenters. The van der Waals surface area contributed by atoms with Crippen molar-refractivity contribution < 1.29 is 0 Å². The topological polar surface area (TPSA) is 73.9 Å². The summed E-state index contributed by atoms with van der Waals surface area (Å²) in [4.78, 5) is 20.3. The van der Waals surface area contributed by atoms with Gasteiger partial charge in [0.25, 0.3) is 0 Å². The molecular weight excluding hydrogens is 473 g/mol. The normalized spacial score (nSPS) is 17.9. The second-order valence-electron chi connectivity index (χ2n) is 6.68. The van der Waals surface area contributed by atoms with Gasteiger partial charge in [-0.05, 0) is 24.5 Å². The second-order valence-corrected chi connectivity index (χ2v) is 7.56. The molecule has 2 aliphatic heterocycles. The predicted octanol–water partition coefficient (Wildman–Crippen LogP) is 2.39. The highest BCUT2D eigenvalue weighted by atomic mass is 127. The number of halogens is 1. The van der Waals surface area contributed by atoms with E-state index in [0.717, 1.165) is 55.8 Å². The smallest absolute Gasteiger partial charge is 0.191 e. The lowest BCUT2D eigenvalue weighted by molar-refractivity contribution is 0.380. The van der Waals surface area contributed by atoms with Gasteiger partial charge in [-0.25, -0.2) is 15.0 Å². The molecule has 2 aromatic heterocycles. The molecular formula is C18H26IN7S. The molecule has 4 heterocycles. The van der Waals surface area contributed by atoms with Gasteiger partial charge in [0.1, 0.15) is 5.82 Å². The van der Waals surface area contributed by atoms with Crippen LogP contribution in [0.15, 0.2) is 34.9 Å². The van der Waals surface area contributed by atoms with Crippen LogP contribution >= 0.6 is 35.3 Å². The Bertz CT molecular complexity index is 721. The lowest BCUT2D eigenvalue weighted by Crippen LogP contribution is -2.51. The quantitative estimate of drug-likeness (QED) is 0.396. The van der Waals surface area contributed by atoms with Crippen LogP contribution in [-0.4, -0.2) is 60.1 Å². The molecule has 7 nitrogen and oxygen atoms in total. The minimum absolute atomic E-state index is 0. The number of anilines is 2. The van der Waals surface area contributed by atoms with Crippen LogP contribution in [0, 0.1) is 0 Å². The first-order valence-electron chi connectivity index (χ1n) is 9.19. The van der Waals surface area contributed by atoms with E-state index in [-0.39, 0.29) is 24.0 Å². The van der Waals surface area contributed by atoms with Crippen LogP contribution in [0.1, 0.15) is 18.4 Å². The van der Waals surface area contributed by atoms with Crippen LogP contribution in [0.2, 0.25) is 0 Å². The van der Waals surface area contributed by atoms with E-state index >= 15 is 0 Å². The van der Waals surface area contributed by atoms with Crippen LogP contribution in [0.5, 0.6) is 0 Å². The first-order chi connectivity index (χ1) is 12.8. The summed E-state index contributed by atoms with van der Waals surface area (Å²) in [6.45, 7) is 6.41. The van der Waals surface area contributed by atoms with Gasteiger partial charge in [-0.3, -0.25) is 0 Å². The average molecular weight is 499 g/mol. The standard InChI is InChI=1S/C18H25N7S.HI/c19-17(24-8-10-25(11-9-24)18-20-5-12-26-18)22-14-15-3-4-16(21-13-15)23-6-1-2-7-23;/h3-5,12-13H,1-2,6-11,14H2,(H2,19,22);1H. The van der Waals surface area contributed by atoms with Crippen molar-refractivity contribution >= 4 is 52.2 Å². The van der Waals surface area contributed by atoms with Crippen molar-refractivity contribution in [1.29, 1.82) is 0 Å². The van der Waals surface area contributed by atoms with E-state index in [1.54, 1.807) is 11.3 Å². The van der Waals surface area contributed by atoms with Gasteiger partial charge in [-0.15, -0.1) is 35.3 Å². The van der Waals surface area contributed by atoms with Crippen molar-refractivity contribution in [3.63, 3.8) is 0 Å². The van der Waals surface area contributed by atoms with Crippen LogP contribution < -0.4 is 15.5 Å². The Labute approximate surface area is 181 Å². The zero-order valence-corrected chi connectivity index (χ0v) is 18.5. The number of nitrogens with two attached hydrogens (primary N) is 1. The highest BCUT2D eigenvalue weighted by molar-refractivity contribution is 14.0. The minimum Gasteiger partial charge on any atom is -0.370 e. The Morgan fingerprint density at radius 2 is 1.81 bits per heavy atom. The van der Waals surface area contributed by atoms with E-state index in [9.17, 15) is 0 Å². The number of rotatable bonds is 4. The van der Waals surface area contributed by atoms with E-state index in [1.165, 1.54) is 12.8 Å². The molecule has 0 unspecified atom stereocenters. The molecule has 0 radical (unpaired) electrons. The average Bonchev–Trinajstić information content (AvgIpc) is 3.40. The largest absolute Gasteiger partial charge is 0.370 e. The number of hydrogen-bond donors (Lipinski definition) is 1. The molecule has 0 saturated carbocycles. The van der Waals surface area contributed by atoms with Gasteiger partial charge < -0.3 is 20.4 Å². The van der Waals surface area contributed by atoms with Crippen LogP contribution in [0.25, 0.3) is 0 Å². The number of hydrogen-bond acceptors (Lipinski definition) is 6. The highest BCUT2D eigenvalue weighted by Crippen LogP contribution is 2.19. The SMILES string of the molecule is I.NC(=NCc1ccc(N2CCCC2)nc1)N1CCN(c2nccs2)CC1. The first-order valence-corrected chi connectivity index (χ1v) is 10.1. The molecule has 2 fully saturated rings. The van der Waals surface area contributed by atoms with E-state index < -0.39 is 0 Å². The summed E-state index contributed by atoms with van der Waals surface area (Å²) in [5.74, 6) is 1.69. The molecule has 2 saturated heterocycles. The summed E-state index contributed by atoms with van der Waals surface area (Å²) >= 11 is 1.68. The zero-order chi connectivity index (χ0) is 17.8. The van der Waals surface area contributed by atoms with Gasteiger partial charge in [0, 0.05) is 57.0 Å². The lowest BCUT2D eigenvalue weighted by atomic mass is 10.3. The molecule has 2 aliphatic rings. The van der Waals surface area contributed by atoms with Crippen molar-refractivity contribution in [3.05, 3.63) is 35.5 Å². The first kappa shape index (κ1) is 20.1. The number of aliphatic imine (C=N–C) groups is 1. The van der Waals surface area contributed by atoms with E-state index in [0.29, 0.717) is 12.5 Å². The molecule has 27 heavy (non-hydrogen) atoms. The second kappa shape index (κ2) is 9.54. The van der Waals surface area contributed by atoms with Gasteiger partial charge in [0.15, 0.2) is 11.1 Å². The fraction of sp³-hybridized carbons (Fsp3) is 0.500. The fourth-order valence-corrected chi connectivity index (χ4v) is 4.11. The number of aromatic nitrogens is 2. The summed E-state index contributed by atoms with van der Waals surface area (Å²) in [6, 6.07) is 4.21. The Morgan fingerprint density at radius 3 is 2.44 bits per heavy atom. The zero-order valence-electron chi connectivity index (χ0n) is 15.3. The summed E-state index contributed by atoms with van der Waals surface area (Å²) in [6.07, 6.45) is 6.30. The van der Waals surface area contributed by atoms with Crippen molar-refractivity contribution in [3.8, 4) is 0 Å². The van der Waals surface area contributed by atoms with Gasteiger partial charge in [0.05, 0.1) is 6.54 Å². The van der Waals surface area contributed by atoms with Crippen LogP contribution in [0.4, 0.5) is 10.9 Å². The Hall–Kier alpha value is -1.62. The van der Waals surface area contributed by atoms with Crippen molar-refractivity contribution in [2.45, 2.75) is 19.4 Å². The molecule has 0 aliphatic carbocycles. The third-order valence-corrected chi connectivity index (χ3v) is 5.79. The monoisotopic (exact) mass is 499 g/mol. The number of pyridine rings is 1. The molecule has 0 spiro atoms. The molecule has 2 N–H and O–H groups in total. The number of guanidine groups is 1. The van der Waals surface area contributed by atoms with Crippen LogP contribution in [0.3, 0.4) is 0 Å². The molecule has 146 valence electrons. The van der Waals surface area contributed by atoms with E-state index in [4.69, 9.17) is 5.73 Å². The lowest BCUT2D eigenvalue weighted by Gasteiger charge is -2.35. The molecule has 4 rings (SSSR count). The third kappa shape index (κ3) is 5.01. The predicted molar refractivity (Wildman–Crippen MR) is 122 cm³/mol. The fourth-order valence-electron chi connectivity index (χ4n) is 3.41. The van der Waals surface area contributed by atoms with E-state index in [2.05, 4.69) is 41.8 Å². The maximum absolute atomic E-state index is 6.21. The third-order valence-electron chi connectivity index (χ3n) is 4.96. The van der Waals surface area contributed by atoms with Gasteiger partial charge in [0.2, 0.25) is 0 Å². The molecule has 9 heteroatoms. The van der Waals surface area contributed by atoms with Crippen LogP contribution in [-0.2, 0) is 6.54 Å². The summed E-state index contributed by atoms with van der Waals surface area (Å²) in [5.41, 5.74) is 7.30. The van der Waals surface area contributed by atoms with Crippen molar-refractivity contribution in [2.24, 2.45) is 10.7 Å². The summed E-state index contributed by atoms with van der Waals surface area (Å²) in [7, 11) is 0. The minimum atomic E-state index is 0. The van der Waals surface area contributed by atoms with Gasteiger partial charge >= 0.3 is 0 Å². The van der Waals surface area contributed by atoms with Crippen molar-refractivity contribution in [1.82, 2.24) is 14.9 Å². The number of nitrogens with zero attached hydrogens (tertiary/aromatic N) is 6. The molecule has 2 aromatic rings. The molecule has 0 amide bonds. The van der Waals surface area contributed by atoms with Crippen molar-refractivity contribution in [2.75, 3.05) is 49.1 Å². The maximum atomic E-state index is 6.21. The Balaban J connectivity index is 0.00000210. The Morgan fingerprint density at radius 1 is 1.04 bits per heavy atom. The highest BCUT2D eigenvalue weighted by Gasteiger charge is 2.19. The summed E-state index contributed by atoms with van der Waals surface area (Å²) < 4.78 is 0. The van der Waals surface area contributed by atoms with E-state index in [1.807, 2.05) is 17.8 Å². The maximum Gasteiger partial charge on any atom is 0.191 e. The number of piperazine rings is 1. The number of thiazole rings is 1. The summed E-state index contributed by atoms with van der Waals surface area (Å²) in [5, 5.41) is 3.10. The Kier molecular flexibility index (Phi) is 7.11.